The molecule has 0 radical (unpaired) electrons. The molecule has 2 aromatic carbocycles. The highest BCUT2D eigenvalue weighted by Crippen LogP contribution is 2.44. The van der Waals surface area contributed by atoms with Crippen molar-refractivity contribution in [1.29, 1.82) is 0 Å². The van der Waals surface area contributed by atoms with Crippen molar-refractivity contribution in [2.75, 3.05) is 23.9 Å². The standard InChI is InChI=1S/C29H28ClN5O2S/c1-18-16-24(19(2)34(18)22-11-7-20(30)8-12-22)28-27(25-6-4-5-15-31-25)33-29(38)35(28)23-13-9-21(10-14-23)32-26(36)17-37-3/h4-16,27-28H,17H2,1-3H3,(H,32,36)(H,33,38)/t27-,28+/m1/s1. The molecule has 7 nitrogen and oxygen atoms in total. The summed E-state index contributed by atoms with van der Waals surface area (Å²) in [4.78, 5) is 18.7. The van der Waals surface area contributed by atoms with Gasteiger partial charge in [0.2, 0.25) is 5.91 Å². The molecule has 5 rings (SSSR count). The number of hydrogen-bond donors (Lipinski definition) is 2. The summed E-state index contributed by atoms with van der Waals surface area (Å²) in [6.45, 7) is 4.22. The minimum absolute atomic E-state index is 0.00104. The zero-order valence-electron chi connectivity index (χ0n) is 21.3. The number of ether oxygens (including phenoxy) is 1. The Bertz CT molecular complexity index is 1460. The molecule has 9 heteroatoms. The van der Waals surface area contributed by atoms with E-state index in [0.29, 0.717) is 15.8 Å². The number of benzene rings is 2. The van der Waals surface area contributed by atoms with Gasteiger partial charge in [0.1, 0.15) is 6.61 Å². The zero-order valence-corrected chi connectivity index (χ0v) is 22.9. The van der Waals surface area contributed by atoms with E-state index in [1.54, 1.807) is 6.20 Å². The summed E-state index contributed by atoms with van der Waals surface area (Å²) in [6, 6.07) is 23.3. The predicted octanol–water partition coefficient (Wildman–Crippen LogP) is 5.90. The zero-order chi connectivity index (χ0) is 26.8. The maximum atomic E-state index is 12.0. The first kappa shape index (κ1) is 25.9. The Balaban J connectivity index is 1.57. The van der Waals surface area contributed by atoms with Crippen LogP contribution in [0.25, 0.3) is 5.69 Å². The SMILES string of the molecule is COCC(=O)Nc1ccc(N2C(=S)N[C@H](c3ccccn3)[C@@H]2c2cc(C)n(-c3ccc(Cl)cc3)c2C)cc1. The second-order valence-corrected chi connectivity index (χ2v) is 9.99. The van der Waals surface area contributed by atoms with Crippen LogP contribution < -0.4 is 15.5 Å². The molecule has 1 amide bonds. The van der Waals surface area contributed by atoms with E-state index < -0.39 is 0 Å². The number of aromatic nitrogens is 2. The first-order chi connectivity index (χ1) is 18.4. The van der Waals surface area contributed by atoms with Gasteiger partial charge in [0.15, 0.2) is 5.11 Å². The van der Waals surface area contributed by atoms with Crippen molar-refractivity contribution in [2.45, 2.75) is 25.9 Å². The van der Waals surface area contributed by atoms with E-state index in [2.05, 4.69) is 45.0 Å². The van der Waals surface area contributed by atoms with E-state index in [9.17, 15) is 4.79 Å². The van der Waals surface area contributed by atoms with Gasteiger partial charge in [-0.25, -0.2) is 0 Å². The van der Waals surface area contributed by atoms with Crippen molar-refractivity contribution in [3.8, 4) is 5.69 Å². The minimum atomic E-state index is -0.207. The highest BCUT2D eigenvalue weighted by Gasteiger charge is 2.42. The Labute approximate surface area is 232 Å². The van der Waals surface area contributed by atoms with Crippen LogP contribution in [0.5, 0.6) is 0 Å². The fraction of sp³-hybridized carbons (Fsp3) is 0.207. The first-order valence-electron chi connectivity index (χ1n) is 12.2. The van der Waals surface area contributed by atoms with Crippen LogP contribution >= 0.6 is 23.8 Å². The number of rotatable bonds is 7. The van der Waals surface area contributed by atoms with Gasteiger partial charge in [-0.05, 0) is 98.4 Å². The number of hydrogen-bond acceptors (Lipinski definition) is 4. The van der Waals surface area contributed by atoms with E-state index in [4.69, 9.17) is 28.6 Å². The number of carbonyl (C=O) groups is 1. The van der Waals surface area contributed by atoms with E-state index in [0.717, 1.165) is 34.0 Å². The maximum absolute atomic E-state index is 12.0. The second-order valence-electron chi connectivity index (χ2n) is 9.16. The number of anilines is 2. The van der Waals surface area contributed by atoms with Crippen LogP contribution in [0.4, 0.5) is 11.4 Å². The van der Waals surface area contributed by atoms with Gasteiger partial charge in [0.25, 0.3) is 0 Å². The topological polar surface area (TPSA) is 71.4 Å². The number of carbonyl (C=O) groups excluding carboxylic acids is 1. The molecule has 1 aliphatic rings. The quantitative estimate of drug-likeness (QED) is 0.282. The monoisotopic (exact) mass is 545 g/mol. The average Bonchev–Trinajstić information content (AvgIpc) is 3.41. The Hall–Kier alpha value is -3.72. The van der Waals surface area contributed by atoms with Crippen molar-refractivity contribution >= 4 is 46.2 Å². The number of nitrogens with one attached hydrogen (secondary N) is 2. The molecule has 194 valence electrons. The first-order valence-corrected chi connectivity index (χ1v) is 13.0. The largest absolute Gasteiger partial charge is 0.375 e. The number of thiocarbonyl (C=S) groups is 1. The van der Waals surface area contributed by atoms with Crippen molar-refractivity contribution in [3.63, 3.8) is 0 Å². The van der Waals surface area contributed by atoms with Crippen molar-refractivity contribution in [2.24, 2.45) is 0 Å². The van der Waals surface area contributed by atoms with Crippen LogP contribution in [-0.4, -0.2) is 34.3 Å². The molecule has 0 spiro atoms. The van der Waals surface area contributed by atoms with Gasteiger partial charge >= 0.3 is 0 Å². The molecule has 1 fully saturated rings. The summed E-state index contributed by atoms with van der Waals surface area (Å²) < 4.78 is 7.14. The molecule has 2 aromatic heterocycles. The Morgan fingerprint density at radius 3 is 2.45 bits per heavy atom. The van der Waals surface area contributed by atoms with Gasteiger partial charge in [-0.1, -0.05) is 17.7 Å². The summed E-state index contributed by atoms with van der Waals surface area (Å²) in [7, 11) is 1.49. The Morgan fingerprint density at radius 1 is 1.08 bits per heavy atom. The fourth-order valence-electron chi connectivity index (χ4n) is 5.06. The third-order valence-electron chi connectivity index (χ3n) is 6.68. The van der Waals surface area contributed by atoms with Crippen LogP contribution in [0.15, 0.2) is 79.0 Å². The summed E-state index contributed by atoms with van der Waals surface area (Å²) in [6.07, 6.45) is 1.80. The lowest BCUT2D eigenvalue weighted by Crippen LogP contribution is -2.29. The second kappa shape index (κ2) is 10.9. The van der Waals surface area contributed by atoms with E-state index in [-0.39, 0.29) is 24.6 Å². The smallest absolute Gasteiger partial charge is 0.250 e. The summed E-state index contributed by atoms with van der Waals surface area (Å²) in [5.41, 5.74) is 6.89. The summed E-state index contributed by atoms with van der Waals surface area (Å²) >= 11 is 12.0. The Morgan fingerprint density at radius 2 is 1.79 bits per heavy atom. The fourth-order valence-corrected chi connectivity index (χ4v) is 5.53. The lowest BCUT2D eigenvalue weighted by atomic mass is 9.96. The number of amides is 1. The Kier molecular flexibility index (Phi) is 7.46. The molecular weight excluding hydrogens is 518 g/mol. The number of pyridine rings is 1. The number of aryl methyl sites for hydroxylation is 1. The van der Waals surface area contributed by atoms with Crippen LogP contribution in [0.1, 0.15) is 34.7 Å². The molecule has 38 heavy (non-hydrogen) atoms. The third-order valence-corrected chi connectivity index (χ3v) is 7.24. The van der Waals surface area contributed by atoms with Crippen LogP contribution in [0.3, 0.4) is 0 Å². The molecule has 0 saturated carbocycles. The van der Waals surface area contributed by atoms with Crippen LogP contribution in [-0.2, 0) is 9.53 Å². The van der Waals surface area contributed by atoms with Gasteiger partial charge in [0.05, 0.1) is 17.8 Å². The molecule has 2 atom stereocenters. The molecule has 0 aliphatic carbocycles. The highest BCUT2D eigenvalue weighted by atomic mass is 35.5. The number of halogens is 1. The van der Waals surface area contributed by atoms with Crippen molar-refractivity contribution < 1.29 is 9.53 Å². The number of methoxy groups -OCH3 is 1. The summed E-state index contributed by atoms with van der Waals surface area (Å²) in [5.74, 6) is -0.207. The van der Waals surface area contributed by atoms with Gasteiger partial charge in [-0.2, -0.15) is 0 Å². The molecule has 0 bridgehead atoms. The highest BCUT2D eigenvalue weighted by molar-refractivity contribution is 7.80. The summed E-state index contributed by atoms with van der Waals surface area (Å²) in [5, 5.41) is 7.66. The maximum Gasteiger partial charge on any atom is 0.250 e. The lowest BCUT2D eigenvalue weighted by Gasteiger charge is -2.28. The molecule has 0 unspecified atom stereocenters. The van der Waals surface area contributed by atoms with Gasteiger partial charge in [-0.3, -0.25) is 9.78 Å². The van der Waals surface area contributed by atoms with Gasteiger partial charge in [0, 0.05) is 46.8 Å². The molecular formula is C29H28ClN5O2S. The van der Waals surface area contributed by atoms with Crippen LogP contribution in [0.2, 0.25) is 5.02 Å². The molecule has 2 N–H and O–H groups in total. The average molecular weight is 546 g/mol. The van der Waals surface area contributed by atoms with Gasteiger partial charge < -0.3 is 24.8 Å². The van der Waals surface area contributed by atoms with Gasteiger partial charge in [-0.15, -0.1) is 0 Å². The minimum Gasteiger partial charge on any atom is -0.375 e. The van der Waals surface area contributed by atoms with E-state index in [1.165, 1.54) is 7.11 Å². The molecule has 3 heterocycles. The van der Waals surface area contributed by atoms with Crippen molar-refractivity contribution in [3.05, 3.63) is 107 Å². The third kappa shape index (κ3) is 5.03. The van der Waals surface area contributed by atoms with E-state index >= 15 is 0 Å². The van der Waals surface area contributed by atoms with Crippen LogP contribution in [0, 0.1) is 13.8 Å². The lowest BCUT2D eigenvalue weighted by molar-refractivity contribution is -0.119. The molecule has 1 saturated heterocycles. The predicted molar refractivity (Wildman–Crippen MR) is 155 cm³/mol. The molecule has 1 aliphatic heterocycles. The normalized spacial score (nSPS) is 16.9. The number of nitrogens with zero attached hydrogens (tertiary/aromatic N) is 3. The van der Waals surface area contributed by atoms with E-state index in [1.807, 2.05) is 66.7 Å². The van der Waals surface area contributed by atoms with Crippen molar-refractivity contribution in [1.82, 2.24) is 14.9 Å². The molecule has 4 aromatic rings.